The summed E-state index contributed by atoms with van der Waals surface area (Å²) in [5, 5.41) is 12.1. The molecule has 0 aliphatic heterocycles. The van der Waals surface area contributed by atoms with E-state index in [1.54, 1.807) is 6.07 Å². The second-order valence-electron chi connectivity index (χ2n) is 4.19. The summed E-state index contributed by atoms with van der Waals surface area (Å²) in [6.45, 7) is 2.81. The Morgan fingerprint density at radius 3 is 2.58 bits per heavy atom. The Balaban J connectivity index is 2.04. The van der Waals surface area contributed by atoms with Crippen molar-refractivity contribution in [1.82, 2.24) is 0 Å². The van der Waals surface area contributed by atoms with Gasteiger partial charge in [0.05, 0.1) is 18.2 Å². The molecule has 0 saturated carbocycles. The van der Waals surface area contributed by atoms with Crippen LogP contribution in [0.5, 0.6) is 5.75 Å². The number of hydrogen-bond donors (Lipinski definition) is 1. The Hall–Kier alpha value is -2.47. The lowest BCUT2D eigenvalue weighted by Crippen LogP contribution is -1.95. The zero-order valence-electron chi connectivity index (χ0n) is 10.9. The predicted octanol–water partition coefficient (Wildman–Crippen LogP) is 4.09. The molecule has 0 spiro atoms. The molecular weight excluding hydrogens is 236 g/mol. The highest BCUT2D eigenvalue weighted by Gasteiger charge is 1.98. The molecule has 2 aromatic carbocycles. The number of benzene rings is 2. The van der Waals surface area contributed by atoms with E-state index < -0.39 is 0 Å². The molecule has 2 aromatic rings. The van der Waals surface area contributed by atoms with Crippen LogP contribution in [0, 0.1) is 11.3 Å². The Morgan fingerprint density at radius 1 is 1.11 bits per heavy atom. The van der Waals surface area contributed by atoms with Gasteiger partial charge in [0, 0.05) is 11.4 Å². The fourth-order valence-corrected chi connectivity index (χ4v) is 1.69. The van der Waals surface area contributed by atoms with Crippen LogP contribution in [0.3, 0.4) is 0 Å². The quantitative estimate of drug-likeness (QED) is 0.871. The van der Waals surface area contributed by atoms with Gasteiger partial charge in [-0.2, -0.15) is 5.26 Å². The maximum atomic E-state index is 8.85. The minimum atomic E-state index is 0.646. The summed E-state index contributed by atoms with van der Waals surface area (Å²) in [5.41, 5.74) is 2.52. The number of nitriles is 1. The van der Waals surface area contributed by atoms with Gasteiger partial charge in [-0.25, -0.2) is 0 Å². The molecule has 0 amide bonds. The minimum absolute atomic E-state index is 0.646. The van der Waals surface area contributed by atoms with Gasteiger partial charge in [0.1, 0.15) is 5.75 Å². The van der Waals surface area contributed by atoms with Gasteiger partial charge in [0.25, 0.3) is 0 Å². The highest BCUT2D eigenvalue weighted by Crippen LogP contribution is 2.20. The van der Waals surface area contributed by atoms with Gasteiger partial charge in [0.15, 0.2) is 0 Å². The molecule has 3 heteroatoms. The van der Waals surface area contributed by atoms with E-state index >= 15 is 0 Å². The molecule has 0 radical (unpaired) electrons. The number of ether oxygens (including phenoxy) is 1. The summed E-state index contributed by atoms with van der Waals surface area (Å²) in [4.78, 5) is 0. The largest absolute Gasteiger partial charge is 0.494 e. The summed E-state index contributed by atoms with van der Waals surface area (Å²) in [6.07, 6.45) is 1.00. The molecule has 0 unspecified atom stereocenters. The molecule has 0 saturated heterocycles. The lowest BCUT2D eigenvalue weighted by atomic mass is 10.2. The maximum Gasteiger partial charge on any atom is 0.119 e. The molecule has 0 bridgehead atoms. The van der Waals surface area contributed by atoms with E-state index in [1.165, 1.54) is 0 Å². The molecule has 0 aliphatic rings. The monoisotopic (exact) mass is 252 g/mol. The predicted molar refractivity (Wildman–Crippen MR) is 76.7 cm³/mol. The Bertz CT molecular complexity index is 570. The highest BCUT2D eigenvalue weighted by atomic mass is 16.5. The highest BCUT2D eigenvalue weighted by molar-refractivity contribution is 5.61. The first-order valence-electron chi connectivity index (χ1n) is 6.32. The van der Waals surface area contributed by atoms with Gasteiger partial charge in [-0.05, 0) is 48.9 Å². The van der Waals surface area contributed by atoms with Crippen molar-refractivity contribution in [3.8, 4) is 11.8 Å². The van der Waals surface area contributed by atoms with Crippen LogP contribution in [0.1, 0.15) is 18.9 Å². The molecule has 0 atom stereocenters. The van der Waals surface area contributed by atoms with E-state index in [1.807, 2.05) is 42.5 Å². The number of nitrogens with one attached hydrogen (secondary N) is 1. The average Bonchev–Trinajstić information content (AvgIpc) is 2.47. The van der Waals surface area contributed by atoms with E-state index in [4.69, 9.17) is 10.00 Å². The van der Waals surface area contributed by atoms with E-state index in [0.717, 1.165) is 30.2 Å². The van der Waals surface area contributed by atoms with Gasteiger partial charge in [-0.15, -0.1) is 0 Å². The second-order valence-corrected chi connectivity index (χ2v) is 4.19. The van der Waals surface area contributed by atoms with Crippen molar-refractivity contribution in [3.05, 3.63) is 54.1 Å². The molecular formula is C16H16N2O. The molecule has 1 N–H and O–H groups in total. The van der Waals surface area contributed by atoms with Crippen LogP contribution in [0.15, 0.2) is 48.5 Å². The summed E-state index contributed by atoms with van der Waals surface area (Å²) in [7, 11) is 0. The van der Waals surface area contributed by atoms with Crippen LogP contribution in [0.2, 0.25) is 0 Å². The van der Waals surface area contributed by atoms with Crippen molar-refractivity contribution < 1.29 is 4.74 Å². The van der Waals surface area contributed by atoms with Crippen LogP contribution < -0.4 is 10.1 Å². The third-order valence-corrected chi connectivity index (χ3v) is 2.61. The number of anilines is 2. The fourth-order valence-electron chi connectivity index (χ4n) is 1.69. The van der Waals surface area contributed by atoms with Crippen LogP contribution in [-0.2, 0) is 0 Å². The summed E-state index contributed by atoms with van der Waals surface area (Å²) >= 11 is 0. The van der Waals surface area contributed by atoms with Crippen LogP contribution in [0.4, 0.5) is 11.4 Å². The van der Waals surface area contributed by atoms with E-state index in [-0.39, 0.29) is 0 Å². The topological polar surface area (TPSA) is 45.0 Å². The lowest BCUT2D eigenvalue weighted by molar-refractivity contribution is 0.317. The van der Waals surface area contributed by atoms with Crippen LogP contribution in [-0.4, -0.2) is 6.61 Å². The van der Waals surface area contributed by atoms with E-state index in [0.29, 0.717) is 5.56 Å². The Kier molecular flexibility index (Phi) is 4.41. The van der Waals surface area contributed by atoms with Crippen LogP contribution >= 0.6 is 0 Å². The fraction of sp³-hybridized carbons (Fsp3) is 0.188. The molecule has 3 nitrogen and oxygen atoms in total. The van der Waals surface area contributed by atoms with Crippen molar-refractivity contribution in [2.24, 2.45) is 0 Å². The normalized spacial score (nSPS) is 9.68. The molecule has 96 valence electrons. The second kappa shape index (κ2) is 6.46. The molecule has 0 fully saturated rings. The van der Waals surface area contributed by atoms with Crippen LogP contribution in [0.25, 0.3) is 0 Å². The van der Waals surface area contributed by atoms with Crippen molar-refractivity contribution in [2.75, 3.05) is 11.9 Å². The molecule has 19 heavy (non-hydrogen) atoms. The summed E-state index contributed by atoms with van der Waals surface area (Å²) in [5.74, 6) is 0.873. The van der Waals surface area contributed by atoms with Gasteiger partial charge in [-0.1, -0.05) is 13.0 Å². The third-order valence-electron chi connectivity index (χ3n) is 2.61. The van der Waals surface area contributed by atoms with Gasteiger partial charge >= 0.3 is 0 Å². The SMILES string of the molecule is CCCOc1ccc(Nc2cccc(C#N)c2)cc1. The van der Waals surface area contributed by atoms with Gasteiger partial charge in [0.2, 0.25) is 0 Å². The molecule has 2 rings (SSSR count). The van der Waals surface area contributed by atoms with Crippen molar-refractivity contribution >= 4 is 11.4 Å². The smallest absolute Gasteiger partial charge is 0.119 e. The standard InChI is InChI=1S/C16H16N2O/c1-2-10-19-16-8-6-14(7-9-16)18-15-5-3-4-13(11-15)12-17/h3-9,11,18H,2,10H2,1H3. The van der Waals surface area contributed by atoms with Crippen molar-refractivity contribution in [3.63, 3.8) is 0 Å². The lowest BCUT2D eigenvalue weighted by Gasteiger charge is -2.08. The number of rotatable bonds is 5. The zero-order valence-corrected chi connectivity index (χ0v) is 10.9. The molecule has 0 aliphatic carbocycles. The zero-order chi connectivity index (χ0) is 13.5. The van der Waals surface area contributed by atoms with Crippen molar-refractivity contribution in [2.45, 2.75) is 13.3 Å². The Labute approximate surface area is 113 Å². The first-order chi connectivity index (χ1) is 9.31. The number of hydrogen-bond acceptors (Lipinski definition) is 3. The van der Waals surface area contributed by atoms with Gasteiger partial charge < -0.3 is 10.1 Å². The van der Waals surface area contributed by atoms with Gasteiger partial charge in [-0.3, -0.25) is 0 Å². The van der Waals surface area contributed by atoms with Crippen molar-refractivity contribution in [1.29, 1.82) is 5.26 Å². The maximum absolute atomic E-state index is 8.85. The molecule has 0 aromatic heterocycles. The summed E-state index contributed by atoms with van der Waals surface area (Å²) < 4.78 is 5.53. The average molecular weight is 252 g/mol. The summed E-state index contributed by atoms with van der Waals surface area (Å²) in [6, 6.07) is 17.3. The molecule has 0 heterocycles. The first kappa shape index (κ1) is 13.0. The first-order valence-corrected chi connectivity index (χ1v) is 6.32. The van der Waals surface area contributed by atoms with E-state index in [2.05, 4.69) is 18.3 Å². The number of nitrogens with zero attached hydrogens (tertiary/aromatic N) is 1. The van der Waals surface area contributed by atoms with E-state index in [9.17, 15) is 0 Å². The third kappa shape index (κ3) is 3.75. The minimum Gasteiger partial charge on any atom is -0.494 e. The Morgan fingerprint density at radius 2 is 1.89 bits per heavy atom.